The monoisotopic (exact) mass is 253 g/mol. The van der Waals surface area contributed by atoms with Gasteiger partial charge in [0.15, 0.2) is 0 Å². The molecule has 104 valence electrons. The van der Waals surface area contributed by atoms with Crippen molar-refractivity contribution < 1.29 is 4.74 Å². The Hall–Kier alpha value is -0.870. The van der Waals surface area contributed by atoms with Crippen LogP contribution in [0.4, 0.5) is 0 Å². The van der Waals surface area contributed by atoms with Crippen LogP contribution in [0.5, 0.6) is 0 Å². The van der Waals surface area contributed by atoms with Gasteiger partial charge in [-0.2, -0.15) is 5.10 Å². The molecule has 1 aromatic rings. The van der Waals surface area contributed by atoms with Gasteiger partial charge in [0.2, 0.25) is 0 Å². The largest absolute Gasteiger partial charge is 0.383 e. The minimum Gasteiger partial charge on any atom is -0.383 e. The van der Waals surface area contributed by atoms with Crippen molar-refractivity contribution in [3.8, 4) is 0 Å². The minimum atomic E-state index is 0.174. The number of nitrogens with zero attached hydrogens (tertiary/aromatic N) is 2. The van der Waals surface area contributed by atoms with Crippen molar-refractivity contribution in [2.45, 2.75) is 53.1 Å². The first-order valence-electron chi connectivity index (χ1n) is 6.62. The number of aryl methyl sites for hydroxylation is 1. The average Bonchev–Trinajstić information content (AvgIpc) is 2.52. The van der Waals surface area contributed by atoms with Gasteiger partial charge < -0.3 is 10.1 Å². The van der Waals surface area contributed by atoms with Crippen LogP contribution in [0.2, 0.25) is 0 Å². The van der Waals surface area contributed by atoms with Gasteiger partial charge in [0, 0.05) is 18.3 Å². The number of aromatic nitrogens is 2. The lowest BCUT2D eigenvalue weighted by molar-refractivity contribution is 0.182. The lowest BCUT2D eigenvalue weighted by Gasteiger charge is -2.20. The predicted molar refractivity (Wildman–Crippen MR) is 75.0 cm³/mol. The van der Waals surface area contributed by atoms with Crippen LogP contribution in [0, 0.1) is 13.8 Å². The number of hydrogen-bond donors (Lipinski definition) is 1. The molecule has 0 aliphatic carbocycles. The Morgan fingerprint density at radius 3 is 2.50 bits per heavy atom. The summed E-state index contributed by atoms with van der Waals surface area (Å²) in [7, 11) is 1.72. The van der Waals surface area contributed by atoms with Gasteiger partial charge in [-0.3, -0.25) is 4.68 Å². The summed E-state index contributed by atoms with van der Waals surface area (Å²) < 4.78 is 7.15. The van der Waals surface area contributed by atoms with Crippen molar-refractivity contribution in [1.82, 2.24) is 15.1 Å². The maximum Gasteiger partial charge on any atom is 0.0658 e. The van der Waals surface area contributed by atoms with E-state index in [1.807, 2.05) is 4.68 Å². The van der Waals surface area contributed by atoms with E-state index in [9.17, 15) is 0 Å². The molecule has 18 heavy (non-hydrogen) atoms. The van der Waals surface area contributed by atoms with Crippen LogP contribution in [0.15, 0.2) is 0 Å². The van der Waals surface area contributed by atoms with Crippen LogP contribution in [-0.2, 0) is 17.7 Å². The van der Waals surface area contributed by atoms with E-state index in [0.29, 0.717) is 6.61 Å². The third-order valence-corrected chi connectivity index (χ3v) is 3.07. The quantitative estimate of drug-likeness (QED) is 0.843. The third-order valence-electron chi connectivity index (χ3n) is 3.07. The zero-order chi connectivity index (χ0) is 13.8. The van der Waals surface area contributed by atoms with Gasteiger partial charge in [0.25, 0.3) is 0 Å². The molecule has 0 aromatic carbocycles. The second kappa shape index (κ2) is 6.34. The molecule has 0 radical (unpaired) electrons. The maximum atomic E-state index is 5.10. The van der Waals surface area contributed by atoms with Crippen LogP contribution >= 0.6 is 0 Å². The first-order chi connectivity index (χ1) is 8.35. The summed E-state index contributed by atoms with van der Waals surface area (Å²) in [6.07, 6.45) is 1.03. The molecule has 0 saturated heterocycles. The Morgan fingerprint density at radius 1 is 1.28 bits per heavy atom. The van der Waals surface area contributed by atoms with Gasteiger partial charge in [-0.1, -0.05) is 0 Å². The van der Waals surface area contributed by atoms with E-state index >= 15 is 0 Å². The SMILES string of the molecule is COCCn1nc(C)c(CCNC(C)(C)C)c1C. The Balaban J connectivity index is 2.62. The van der Waals surface area contributed by atoms with Gasteiger partial charge in [-0.15, -0.1) is 0 Å². The topological polar surface area (TPSA) is 39.1 Å². The molecule has 1 rings (SSSR count). The van der Waals surface area contributed by atoms with Crippen molar-refractivity contribution >= 4 is 0 Å². The van der Waals surface area contributed by atoms with E-state index in [2.05, 4.69) is 45.0 Å². The van der Waals surface area contributed by atoms with Crippen molar-refractivity contribution in [2.75, 3.05) is 20.3 Å². The highest BCUT2D eigenvalue weighted by Gasteiger charge is 2.13. The van der Waals surface area contributed by atoms with Crippen LogP contribution in [-0.4, -0.2) is 35.6 Å². The Labute approximate surface area is 111 Å². The fourth-order valence-corrected chi connectivity index (χ4v) is 2.05. The van der Waals surface area contributed by atoms with Gasteiger partial charge in [0.1, 0.15) is 0 Å². The smallest absolute Gasteiger partial charge is 0.0658 e. The van der Waals surface area contributed by atoms with E-state index < -0.39 is 0 Å². The normalized spacial score (nSPS) is 12.1. The molecule has 0 unspecified atom stereocenters. The Kier molecular flexibility index (Phi) is 5.35. The molecule has 1 N–H and O–H groups in total. The fourth-order valence-electron chi connectivity index (χ4n) is 2.05. The van der Waals surface area contributed by atoms with Crippen LogP contribution in [0.25, 0.3) is 0 Å². The standard InChI is InChI=1S/C14H27N3O/c1-11-13(7-8-15-14(3,4)5)12(2)17(16-11)9-10-18-6/h15H,7-10H2,1-6H3. The summed E-state index contributed by atoms with van der Waals surface area (Å²) in [4.78, 5) is 0. The number of ether oxygens (including phenoxy) is 1. The zero-order valence-electron chi connectivity index (χ0n) is 12.6. The molecule has 4 nitrogen and oxygen atoms in total. The summed E-state index contributed by atoms with van der Waals surface area (Å²) in [6, 6.07) is 0. The molecule has 0 bridgehead atoms. The van der Waals surface area contributed by atoms with Crippen molar-refractivity contribution in [3.63, 3.8) is 0 Å². The molecule has 0 atom stereocenters. The van der Waals surface area contributed by atoms with E-state index in [1.165, 1.54) is 11.3 Å². The molecule has 0 saturated carbocycles. The highest BCUT2D eigenvalue weighted by atomic mass is 16.5. The van der Waals surface area contributed by atoms with E-state index in [0.717, 1.165) is 25.2 Å². The predicted octanol–water partition coefficient (Wildman–Crippen LogP) is 2.08. The minimum absolute atomic E-state index is 0.174. The molecule has 1 heterocycles. The first-order valence-corrected chi connectivity index (χ1v) is 6.62. The van der Waals surface area contributed by atoms with Gasteiger partial charge in [-0.05, 0) is 53.1 Å². The Bertz CT molecular complexity index is 377. The van der Waals surface area contributed by atoms with E-state index in [1.54, 1.807) is 7.11 Å². The fraction of sp³-hybridized carbons (Fsp3) is 0.786. The molecular formula is C14H27N3O. The van der Waals surface area contributed by atoms with Crippen LogP contribution in [0.1, 0.15) is 37.7 Å². The van der Waals surface area contributed by atoms with Crippen molar-refractivity contribution in [2.24, 2.45) is 0 Å². The molecule has 4 heteroatoms. The van der Waals surface area contributed by atoms with Gasteiger partial charge in [-0.25, -0.2) is 0 Å². The number of methoxy groups -OCH3 is 1. The highest BCUT2D eigenvalue weighted by Crippen LogP contribution is 2.13. The third kappa shape index (κ3) is 4.42. The van der Waals surface area contributed by atoms with Gasteiger partial charge in [0.05, 0.1) is 18.8 Å². The number of hydrogen-bond acceptors (Lipinski definition) is 3. The molecule has 0 fully saturated rings. The summed E-state index contributed by atoms with van der Waals surface area (Å²) in [5.41, 5.74) is 3.94. The van der Waals surface area contributed by atoms with Crippen LogP contribution in [0.3, 0.4) is 0 Å². The molecule has 0 spiro atoms. The lowest BCUT2D eigenvalue weighted by atomic mass is 10.1. The molecule has 0 amide bonds. The van der Waals surface area contributed by atoms with Gasteiger partial charge >= 0.3 is 0 Å². The maximum absolute atomic E-state index is 5.10. The van der Waals surface area contributed by atoms with E-state index in [-0.39, 0.29) is 5.54 Å². The second-order valence-electron chi connectivity index (χ2n) is 5.79. The molecule has 0 aliphatic heterocycles. The highest BCUT2D eigenvalue weighted by molar-refractivity contribution is 5.24. The number of nitrogens with one attached hydrogen (secondary N) is 1. The Morgan fingerprint density at radius 2 is 1.94 bits per heavy atom. The lowest BCUT2D eigenvalue weighted by Crippen LogP contribution is -2.37. The average molecular weight is 253 g/mol. The van der Waals surface area contributed by atoms with Crippen molar-refractivity contribution in [3.05, 3.63) is 17.0 Å². The first kappa shape index (κ1) is 15.2. The van der Waals surface area contributed by atoms with Crippen molar-refractivity contribution in [1.29, 1.82) is 0 Å². The summed E-state index contributed by atoms with van der Waals surface area (Å²) in [5, 5.41) is 8.09. The molecule has 0 aliphatic rings. The molecule has 1 aromatic heterocycles. The zero-order valence-corrected chi connectivity index (χ0v) is 12.6. The summed E-state index contributed by atoms with van der Waals surface area (Å²) in [6.45, 7) is 13.3. The van der Waals surface area contributed by atoms with Crippen LogP contribution < -0.4 is 5.32 Å². The second-order valence-corrected chi connectivity index (χ2v) is 5.79. The summed E-state index contributed by atoms with van der Waals surface area (Å²) in [5.74, 6) is 0. The summed E-state index contributed by atoms with van der Waals surface area (Å²) >= 11 is 0. The number of rotatable bonds is 6. The molecular weight excluding hydrogens is 226 g/mol. The van der Waals surface area contributed by atoms with E-state index in [4.69, 9.17) is 4.74 Å².